The fraction of sp³-hybridized carbons (Fsp3) is 0.600. The van der Waals surface area contributed by atoms with Crippen LogP contribution < -0.4 is 0 Å². The van der Waals surface area contributed by atoms with Crippen LogP contribution in [0.25, 0.3) is 0 Å². The number of fused-ring (bicyclic) bond motifs is 1. The molecule has 0 amide bonds. The van der Waals surface area contributed by atoms with Crippen LogP contribution in [0.15, 0.2) is 35.7 Å². The SMILES string of the molecule is C=CCO[C@@H]1C[C@H]2CN(Cc3ccoc3)CCN2C1. The van der Waals surface area contributed by atoms with Crippen molar-refractivity contribution in [2.75, 3.05) is 32.8 Å². The van der Waals surface area contributed by atoms with Crippen molar-refractivity contribution in [3.63, 3.8) is 0 Å². The summed E-state index contributed by atoms with van der Waals surface area (Å²) in [6.07, 6.45) is 6.96. The first-order chi connectivity index (χ1) is 9.35. The van der Waals surface area contributed by atoms with E-state index in [0.717, 1.165) is 39.1 Å². The molecule has 2 fully saturated rings. The Kier molecular flexibility index (Phi) is 4.01. The van der Waals surface area contributed by atoms with Crippen LogP contribution in [0.4, 0.5) is 0 Å². The summed E-state index contributed by atoms with van der Waals surface area (Å²) >= 11 is 0. The molecule has 0 aromatic carbocycles. The smallest absolute Gasteiger partial charge is 0.0947 e. The predicted octanol–water partition coefficient (Wildman–Crippen LogP) is 1.74. The fourth-order valence-electron chi connectivity index (χ4n) is 3.17. The van der Waals surface area contributed by atoms with Crippen LogP contribution in [0.3, 0.4) is 0 Å². The Balaban J connectivity index is 1.51. The second-order valence-electron chi connectivity index (χ2n) is 5.50. The number of rotatable bonds is 5. The highest BCUT2D eigenvalue weighted by Crippen LogP contribution is 2.24. The van der Waals surface area contributed by atoms with Crippen molar-refractivity contribution >= 4 is 0 Å². The lowest BCUT2D eigenvalue weighted by atomic mass is 10.1. The maximum Gasteiger partial charge on any atom is 0.0947 e. The highest BCUT2D eigenvalue weighted by Gasteiger charge is 2.36. The highest BCUT2D eigenvalue weighted by atomic mass is 16.5. The van der Waals surface area contributed by atoms with Crippen molar-refractivity contribution in [1.29, 1.82) is 0 Å². The summed E-state index contributed by atoms with van der Waals surface area (Å²) in [4.78, 5) is 5.08. The molecule has 0 saturated carbocycles. The van der Waals surface area contributed by atoms with Crippen LogP contribution >= 0.6 is 0 Å². The molecule has 0 spiro atoms. The lowest BCUT2D eigenvalue weighted by Gasteiger charge is -2.37. The van der Waals surface area contributed by atoms with Gasteiger partial charge in [-0.05, 0) is 12.5 Å². The molecule has 2 atom stereocenters. The molecule has 0 bridgehead atoms. The van der Waals surface area contributed by atoms with Gasteiger partial charge in [-0.2, -0.15) is 0 Å². The zero-order valence-corrected chi connectivity index (χ0v) is 11.3. The fourth-order valence-corrected chi connectivity index (χ4v) is 3.17. The molecule has 4 nitrogen and oxygen atoms in total. The van der Waals surface area contributed by atoms with Gasteiger partial charge < -0.3 is 9.15 Å². The van der Waals surface area contributed by atoms with Gasteiger partial charge in [-0.1, -0.05) is 6.08 Å². The largest absolute Gasteiger partial charge is 0.472 e. The van der Waals surface area contributed by atoms with E-state index in [9.17, 15) is 0 Å². The van der Waals surface area contributed by atoms with Crippen molar-refractivity contribution in [1.82, 2.24) is 9.80 Å². The minimum absolute atomic E-state index is 0.386. The zero-order chi connectivity index (χ0) is 13.1. The Labute approximate surface area is 114 Å². The van der Waals surface area contributed by atoms with Gasteiger partial charge in [-0.3, -0.25) is 9.80 Å². The normalized spacial score (nSPS) is 28.4. The van der Waals surface area contributed by atoms with Gasteiger partial charge in [-0.15, -0.1) is 6.58 Å². The van der Waals surface area contributed by atoms with E-state index < -0.39 is 0 Å². The molecule has 3 heterocycles. The number of ether oxygens (including phenoxy) is 1. The van der Waals surface area contributed by atoms with Gasteiger partial charge in [0.25, 0.3) is 0 Å². The summed E-state index contributed by atoms with van der Waals surface area (Å²) in [7, 11) is 0. The molecule has 0 radical (unpaired) electrons. The van der Waals surface area contributed by atoms with E-state index in [-0.39, 0.29) is 0 Å². The minimum Gasteiger partial charge on any atom is -0.472 e. The summed E-state index contributed by atoms with van der Waals surface area (Å²) in [5.41, 5.74) is 1.27. The molecular formula is C15H22N2O2. The minimum atomic E-state index is 0.386. The quantitative estimate of drug-likeness (QED) is 0.756. The molecule has 2 aliphatic heterocycles. The Morgan fingerprint density at radius 1 is 1.42 bits per heavy atom. The van der Waals surface area contributed by atoms with Crippen molar-refractivity contribution in [2.24, 2.45) is 0 Å². The summed E-state index contributed by atoms with van der Waals surface area (Å²) in [6.45, 7) is 9.88. The maximum absolute atomic E-state index is 5.79. The van der Waals surface area contributed by atoms with E-state index in [2.05, 4.69) is 22.4 Å². The molecule has 4 heteroatoms. The predicted molar refractivity (Wildman–Crippen MR) is 73.9 cm³/mol. The van der Waals surface area contributed by atoms with Crippen LogP contribution in [-0.4, -0.2) is 54.7 Å². The number of nitrogens with zero attached hydrogens (tertiary/aromatic N) is 2. The van der Waals surface area contributed by atoms with E-state index in [4.69, 9.17) is 9.15 Å². The second-order valence-corrected chi connectivity index (χ2v) is 5.50. The van der Waals surface area contributed by atoms with Crippen LogP contribution in [0, 0.1) is 0 Å². The van der Waals surface area contributed by atoms with Gasteiger partial charge >= 0.3 is 0 Å². The van der Waals surface area contributed by atoms with Gasteiger partial charge in [0.15, 0.2) is 0 Å². The number of piperazine rings is 1. The van der Waals surface area contributed by atoms with Crippen LogP contribution in [0.2, 0.25) is 0 Å². The molecular weight excluding hydrogens is 240 g/mol. The Hall–Kier alpha value is -1.10. The lowest BCUT2D eigenvalue weighted by molar-refractivity contribution is 0.0758. The number of furan rings is 1. The molecule has 2 aliphatic rings. The monoisotopic (exact) mass is 262 g/mol. The third-order valence-corrected chi connectivity index (χ3v) is 4.10. The molecule has 3 rings (SSSR count). The summed E-state index contributed by atoms with van der Waals surface area (Å²) in [5, 5.41) is 0. The van der Waals surface area contributed by atoms with E-state index >= 15 is 0 Å². The lowest BCUT2D eigenvalue weighted by Crippen LogP contribution is -2.49. The summed E-state index contributed by atoms with van der Waals surface area (Å²) in [5.74, 6) is 0. The topological polar surface area (TPSA) is 28.9 Å². The third kappa shape index (κ3) is 3.08. The van der Waals surface area contributed by atoms with Crippen LogP contribution in [0.5, 0.6) is 0 Å². The first-order valence-electron chi connectivity index (χ1n) is 7.05. The summed E-state index contributed by atoms with van der Waals surface area (Å²) in [6, 6.07) is 2.70. The van der Waals surface area contributed by atoms with Gasteiger partial charge in [0, 0.05) is 44.3 Å². The molecule has 0 unspecified atom stereocenters. The van der Waals surface area contributed by atoms with E-state index in [1.165, 1.54) is 5.56 Å². The number of hydrogen-bond donors (Lipinski definition) is 0. The van der Waals surface area contributed by atoms with Crippen molar-refractivity contribution in [3.05, 3.63) is 36.8 Å². The maximum atomic E-state index is 5.79. The summed E-state index contributed by atoms with van der Waals surface area (Å²) < 4.78 is 10.9. The van der Waals surface area contributed by atoms with Gasteiger partial charge in [0.2, 0.25) is 0 Å². The Morgan fingerprint density at radius 2 is 2.37 bits per heavy atom. The standard InChI is InChI=1S/C15H22N2O2/c1-2-6-19-15-8-14-10-16(4-5-17(14)11-15)9-13-3-7-18-12-13/h2-3,7,12,14-15H,1,4-6,8-11H2/t14-,15+/m0/s1. The van der Waals surface area contributed by atoms with Gasteiger partial charge in [-0.25, -0.2) is 0 Å². The van der Waals surface area contributed by atoms with Gasteiger partial charge in [0.1, 0.15) is 0 Å². The van der Waals surface area contributed by atoms with Crippen LogP contribution in [0.1, 0.15) is 12.0 Å². The average Bonchev–Trinajstić information content (AvgIpc) is 3.04. The van der Waals surface area contributed by atoms with Crippen molar-refractivity contribution < 1.29 is 9.15 Å². The molecule has 19 heavy (non-hydrogen) atoms. The van der Waals surface area contributed by atoms with Crippen molar-refractivity contribution in [3.8, 4) is 0 Å². The number of hydrogen-bond acceptors (Lipinski definition) is 4. The van der Waals surface area contributed by atoms with Crippen LogP contribution in [-0.2, 0) is 11.3 Å². The Morgan fingerprint density at radius 3 is 3.16 bits per heavy atom. The molecule has 1 aromatic heterocycles. The highest BCUT2D eigenvalue weighted by molar-refractivity contribution is 5.05. The molecule has 0 aliphatic carbocycles. The zero-order valence-electron chi connectivity index (χ0n) is 11.3. The first kappa shape index (κ1) is 12.9. The van der Waals surface area contributed by atoms with E-state index in [1.54, 1.807) is 6.26 Å². The van der Waals surface area contributed by atoms with Gasteiger partial charge in [0.05, 0.1) is 25.2 Å². The molecule has 0 N–H and O–H groups in total. The molecule has 1 aromatic rings. The van der Waals surface area contributed by atoms with E-state index in [1.807, 2.05) is 12.3 Å². The van der Waals surface area contributed by atoms with E-state index in [0.29, 0.717) is 18.8 Å². The Bertz CT molecular complexity index is 404. The van der Waals surface area contributed by atoms with Crippen molar-refractivity contribution in [2.45, 2.75) is 25.1 Å². The molecule has 2 saturated heterocycles. The second kappa shape index (κ2) is 5.90. The average molecular weight is 262 g/mol. The molecule has 104 valence electrons. The third-order valence-electron chi connectivity index (χ3n) is 4.10. The first-order valence-corrected chi connectivity index (χ1v) is 7.05.